The molecule has 0 saturated carbocycles. The van der Waals surface area contributed by atoms with Gasteiger partial charge < -0.3 is 9.15 Å². The van der Waals surface area contributed by atoms with E-state index in [9.17, 15) is 9.18 Å². The average Bonchev–Trinajstić information content (AvgIpc) is 3.33. The maximum absolute atomic E-state index is 13.4. The van der Waals surface area contributed by atoms with Crippen LogP contribution in [-0.2, 0) is 13.0 Å². The van der Waals surface area contributed by atoms with Crippen molar-refractivity contribution in [2.45, 2.75) is 26.9 Å². The van der Waals surface area contributed by atoms with Crippen LogP contribution in [-0.4, -0.2) is 9.78 Å². The number of para-hydroxylation sites is 1. The fourth-order valence-electron chi connectivity index (χ4n) is 4.06. The van der Waals surface area contributed by atoms with Crippen molar-refractivity contribution < 1.29 is 13.5 Å². The normalized spacial score (nSPS) is 11.1. The van der Waals surface area contributed by atoms with E-state index in [0.717, 1.165) is 16.8 Å². The molecule has 0 fully saturated rings. The number of aromatic nitrogens is 2. The Morgan fingerprint density at radius 2 is 1.82 bits per heavy atom. The third-order valence-corrected chi connectivity index (χ3v) is 5.81. The molecule has 5 rings (SSSR count). The van der Waals surface area contributed by atoms with Crippen LogP contribution < -0.4 is 10.2 Å². The second kappa shape index (κ2) is 8.98. The van der Waals surface area contributed by atoms with Gasteiger partial charge in [0, 0.05) is 17.8 Å². The Labute approximate surface area is 196 Å². The number of hydrogen-bond donors (Lipinski definition) is 0. The maximum atomic E-state index is 13.4. The molecule has 0 radical (unpaired) electrons. The van der Waals surface area contributed by atoms with Crippen LogP contribution in [0.5, 0.6) is 5.75 Å². The van der Waals surface area contributed by atoms with E-state index in [-0.39, 0.29) is 11.2 Å². The van der Waals surface area contributed by atoms with Crippen molar-refractivity contribution >= 4 is 11.0 Å². The van der Waals surface area contributed by atoms with Crippen LogP contribution in [0.3, 0.4) is 0 Å². The lowest BCUT2D eigenvalue weighted by Crippen LogP contribution is -2.09. The second-order valence-electron chi connectivity index (χ2n) is 8.10. The van der Waals surface area contributed by atoms with Gasteiger partial charge in [-0.1, -0.05) is 37.3 Å². The first-order valence-electron chi connectivity index (χ1n) is 11.1. The van der Waals surface area contributed by atoms with E-state index in [0.29, 0.717) is 46.6 Å². The smallest absolute Gasteiger partial charge is 0.200 e. The summed E-state index contributed by atoms with van der Waals surface area (Å²) >= 11 is 0. The van der Waals surface area contributed by atoms with Gasteiger partial charge in [-0.3, -0.25) is 4.79 Å². The van der Waals surface area contributed by atoms with Gasteiger partial charge in [0.05, 0.1) is 22.8 Å². The van der Waals surface area contributed by atoms with Crippen LogP contribution in [0.15, 0.2) is 88.3 Å². The molecule has 0 aliphatic carbocycles. The zero-order chi connectivity index (χ0) is 23.7. The van der Waals surface area contributed by atoms with Crippen LogP contribution in [0.1, 0.15) is 23.8 Å². The highest BCUT2D eigenvalue weighted by Crippen LogP contribution is 2.30. The average molecular weight is 455 g/mol. The Morgan fingerprint density at radius 1 is 1.06 bits per heavy atom. The first-order chi connectivity index (χ1) is 16.5. The summed E-state index contributed by atoms with van der Waals surface area (Å²) in [5.74, 6) is 0.791. The van der Waals surface area contributed by atoms with Crippen molar-refractivity contribution in [2.24, 2.45) is 0 Å². The third-order valence-electron chi connectivity index (χ3n) is 5.81. The summed E-state index contributed by atoms with van der Waals surface area (Å²) in [5, 5.41) is 4.89. The minimum atomic E-state index is -0.351. The minimum absolute atomic E-state index is 0.143. The van der Waals surface area contributed by atoms with Gasteiger partial charge in [0.15, 0.2) is 0 Å². The van der Waals surface area contributed by atoms with E-state index >= 15 is 0 Å². The number of halogens is 1. The molecule has 3 aromatic carbocycles. The molecule has 0 aliphatic rings. The summed E-state index contributed by atoms with van der Waals surface area (Å²) in [7, 11) is 0. The van der Waals surface area contributed by atoms with E-state index < -0.39 is 0 Å². The van der Waals surface area contributed by atoms with Crippen LogP contribution in [0.25, 0.3) is 27.8 Å². The van der Waals surface area contributed by atoms with E-state index in [1.165, 1.54) is 12.1 Å². The molecule has 0 N–H and O–H groups in total. The summed E-state index contributed by atoms with van der Waals surface area (Å²) in [6.45, 7) is 4.09. The maximum Gasteiger partial charge on any atom is 0.200 e. The highest BCUT2D eigenvalue weighted by atomic mass is 19.1. The monoisotopic (exact) mass is 454 g/mol. The zero-order valence-corrected chi connectivity index (χ0v) is 18.9. The lowest BCUT2D eigenvalue weighted by molar-refractivity contribution is 0.303. The zero-order valence-electron chi connectivity index (χ0n) is 18.9. The standard InChI is InChI=1S/C28H23FN2O3/c1-3-20-13-24-26(34-18(2)27(28(24)32)21-9-11-22(29)12-10-21)14-25(20)33-17-19-15-30-31(16-19)23-7-5-4-6-8-23/h4-16H,3,17H2,1-2H3. The molecule has 170 valence electrons. The fourth-order valence-corrected chi connectivity index (χ4v) is 4.06. The lowest BCUT2D eigenvalue weighted by atomic mass is 10.0. The van der Waals surface area contributed by atoms with E-state index in [4.69, 9.17) is 9.15 Å². The number of rotatable bonds is 6. The molecular formula is C28H23FN2O3. The lowest BCUT2D eigenvalue weighted by Gasteiger charge is -2.13. The van der Waals surface area contributed by atoms with E-state index in [1.807, 2.05) is 49.5 Å². The van der Waals surface area contributed by atoms with Gasteiger partial charge in [0.1, 0.15) is 29.5 Å². The van der Waals surface area contributed by atoms with Crippen molar-refractivity contribution in [3.8, 4) is 22.6 Å². The first-order valence-corrected chi connectivity index (χ1v) is 11.1. The molecule has 0 unspecified atom stereocenters. The van der Waals surface area contributed by atoms with Crippen molar-refractivity contribution in [2.75, 3.05) is 0 Å². The molecular weight excluding hydrogens is 431 g/mol. The molecule has 6 heteroatoms. The van der Waals surface area contributed by atoms with Crippen molar-refractivity contribution in [3.05, 3.63) is 112 Å². The van der Waals surface area contributed by atoms with E-state index in [1.54, 1.807) is 36.0 Å². The quantitative estimate of drug-likeness (QED) is 0.305. The predicted octanol–water partition coefficient (Wildman–Crippen LogP) is 6.23. The van der Waals surface area contributed by atoms with Gasteiger partial charge in [-0.05, 0) is 54.8 Å². The Kier molecular flexibility index (Phi) is 5.72. The van der Waals surface area contributed by atoms with Gasteiger partial charge in [0.2, 0.25) is 5.43 Å². The molecule has 2 heterocycles. The fraction of sp³-hybridized carbons (Fsp3) is 0.143. The number of hydrogen-bond acceptors (Lipinski definition) is 4. The molecule has 34 heavy (non-hydrogen) atoms. The number of aryl methyl sites for hydroxylation is 2. The summed E-state index contributed by atoms with van der Waals surface area (Å²) in [5.41, 5.74) is 4.19. The van der Waals surface area contributed by atoms with E-state index in [2.05, 4.69) is 5.10 Å². The molecule has 5 nitrogen and oxygen atoms in total. The Balaban J connectivity index is 1.47. The number of ether oxygens (including phenoxy) is 1. The Morgan fingerprint density at radius 3 is 2.56 bits per heavy atom. The summed E-state index contributed by atoms with van der Waals surface area (Å²) in [6, 6.07) is 19.3. The minimum Gasteiger partial charge on any atom is -0.488 e. The molecule has 0 bridgehead atoms. The van der Waals surface area contributed by atoms with Crippen LogP contribution >= 0.6 is 0 Å². The summed E-state index contributed by atoms with van der Waals surface area (Å²) < 4.78 is 27.3. The second-order valence-corrected chi connectivity index (χ2v) is 8.10. The molecule has 0 spiro atoms. The molecule has 5 aromatic rings. The molecule has 0 amide bonds. The largest absolute Gasteiger partial charge is 0.488 e. The highest BCUT2D eigenvalue weighted by Gasteiger charge is 2.16. The van der Waals surface area contributed by atoms with Crippen molar-refractivity contribution in [3.63, 3.8) is 0 Å². The van der Waals surface area contributed by atoms with Crippen LogP contribution in [0.4, 0.5) is 4.39 Å². The number of nitrogens with zero attached hydrogens (tertiary/aromatic N) is 2. The number of fused-ring (bicyclic) bond motifs is 1. The van der Waals surface area contributed by atoms with Crippen LogP contribution in [0, 0.1) is 12.7 Å². The van der Waals surface area contributed by atoms with Gasteiger partial charge in [-0.2, -0.15) is 5.10 Å². The molecule has 2 aromatic heterocycles. The Bertz CT molecular complexity index is 1520. The van der Waals surface area contributed by atoms with Crippen molar-refractivity contribution in [1.29, 1.82) is 0 Å². The molecule has 0 aliphatic heterocycles. The SMILES string of the molecule is CCc1cc2c(=O)c(-c3ccc(F)cc3)c(C)oc2cc1OCc1cnn(-c2ccccc2)c1. The van der Waals surface area contributed by atoms with Gasteiger partial charge in [-0.25, -0.2) is 9.07 Å². The third kappa shape index (κ3) is 4.10. The topological polar surface area (TPSA) is 57.3 Å². The predicted molar refractivity (Wildman–Crippen MR) is 130 cm³/mol. The van der Waals surface area contributed by atoms with Gasteiger partial charge >= 0.3 is 0 Å². The number of benzene rings is 3. The van der Waals surface area contributed by atoms with Crippen LogP contribution in [0.2, 0.25) is 0 Å². The highest BCUT2D eigenvalue weighted by molar-refractivity contribution is 5.84. The van der Waals surface area contributed by atoms with Gasteiger partial charge in [0.25, 0.3) is 0 Å². The Hall–Kier alpha value is -4.19. The molecule has 0 saturated heterocycles. The summed E-state index contributed by atoms with van der Waals surface area (Å²) in [6.07, 6.45) is 4.40. The van der Waals surface area contributed by atoms with Crippen molar-refractivity contribution in [1.82, 2.24) is 9.78 Å². The summed E-state index contributed by atoms with van der Waals surface area (Å²) in [4.78, 5) is 13.3. The molecule has 0 atom stereocenters. The van der Waals surface area contributed by atoms with Gasteiger partial charge in [-0.15, -0.1) is 0 Å². The first kappa shape index (κ1) is 21.6.